The van der Waals surface area contributed by atoms with Crippen molar-refractivity contribution in [2.45, 2.75) is 26.4 Å². The van der Waals surface area contributed by atoms with Gasteiger partial charge in [-0.1, -0.05) is 0 Å². The molecule has 0 saturated carbocycles. The monoisotopic (exact) mass is 444 g/mol. The molecule has 2 N–H and O–H groups in total. The zero-order valence-electron chi connectivity index (χ0n) is 19.6. The maximum Gasteiger partial charge on any atom is 0.322 e. The Morgan fingerprint density at radius 2 is 1.59 bits per heavy atom. The number of hydrogen-bond donors (Lipinski definition) is 2. The quantitative estimate of drug-likeness (QED) is 0.707. The van der Waals surface area contributed by atoms with Crippen LogP contribution in [0.5, 0.6) is 17.4 Å². The minimum absolute atomic E-state index is 0.237. The molecule has 0 unspecified atom stereocenters. The third-order valence-electron chi connectivity index (χ3n) is 5.54. The van der Waals surface area contributed by atoms with Crippen molar-refractivity contribution in [3.05, 3.63) is 35.5 Å². The third-order valence-corrected chi connectivity index (χ3v) is 5.54. The fraction of sp³-hybridized carbons (Fsp3) is 0.478. The van der Waals surface area contributed by atoms with Crippen molar-refractivity contribution in [1.29, 1.82) is 0 Å². The van der Waals surface area contributed by atoms with Crippen molar-refractivity contribution in [2.75, 3.05) is 57.7 Å². The Kier molecular flexibility index (Phi) is 6.98. The van der Waals surface area contributed by atoms with E-state index in [0.717, 1.165) is 17.2 Å². The fourth-order valence-corrected chi connectivity index (χ4v) is 3.78. The number of anilines is 2. The summed E-state index contributed by atoms with van der Waals surface area (Å²) in [4.78, 5) is 21.3. The average molecular weight is 445 g/mol. The lowest BCUT2D eigenvalue weighted by Crippen LogP contribution is -2.50. The van der Waals surface area contributed by atoms with Crippen molar-refractivity contribution in [3.8, 4) is 17.4 Å². The molecule has 9 heteroatoms. The van der Waals surface area contributed by atoms with Crippen molar-refractivity contribution >= 4 is 17.4 Å². The summed E-state index contributed by atoms with van der Waals surface area (Å²) in [6.07, 6.45) is 0. The molecule has 0 aliphatic carbocycles. The van der Waals surface area contributed by atoms with Gasteiger partial charge in [-0.15, -0.1) is 0 Å². The maximum absolute atomic E-state index is 12.9. The molecule has 32 heavy (non-hydrogen) atoms. The molecule has 1 aromatic heterocycles. The van der Waals surface area contributed by atoms with E-state index in [4.69, 9.17) is 14.2 Å². The van der Waals surface area contributed by atoms with Gasteiger partial charge in [-0.2, -0.15) is 0 Å². The molecule has 0 bridgehead atoms. The SMILES string of the molecule is COc1cc(OC)cc(N2CCN(C(=O)Nc3cc(C(C)(C)O)c(C)nc3OC)CC2)c1. The van der Waals surface area contributed by atoms with Gasteiger partial charge in [-0.05, 0) is 26.8 Å². The van der Waals surface area contributed by atoms with E-state index in [2.05, 4.69) is 15.2 Å². The molecule has 0 radical (unpaired) electrons. The molecule has 1 aromatic carbocycles. The molecular formula is C23H32N4O5. The van der Waals surface area contributed by atoms with E-state index in [1.54, 1.807) is 46.0 Å². The molecule has 1 aliphatic rings. The van der Waals surface area contributed by atoms with E-state index >= 15 is 0 Å². The van der Waals surface area contributed by atoms with Gasteiger partial charge in [0, 0.05) is 61.3 Å². The standard InChI is InChI=1S/C23H32N4O5/c1-15-19(23(2,3)29)14-20(21(24-15)32-6)25-22(28)27-9-7-26(8-10-27)16-11-17(30-4)13-18(12-16)31-5/h11-14,29H,7-10H2,1-6H3,(H,25,28). The number of aryl methyl sites for hydroxylation is 1. The summed E-state index contributed by atoms with van der Waals surface area (Å²) < 4.78 is 16.1. The number of rotatable bonds is 6. The molecule has 9 nitrogen and oxygen atoms in total. The lowest BCUT2D eigenvalue weighted by molar-refractivity contribution is 0.0774. The van der Waals surface area contributed by atoms with Crippen LogP contribution in [-0.4, -0.2) is 68.5 Å². The summed E-state index contributed by atoms with van der Waals surface area (Å²) in [7, 11) is 4.75. The highest BCUT2D eigenvalue weighted by molar-refractivity contribution is 5.91. The van der Waals surface area contributed by atoms with Crippen molar-refractivity contribution < 1.29 is 24.1 Å². The van der Waals surface area contributed by atoms with E-state index in [1.807, 2.05) is 18.2 Å². The number of urea groups is 1. The summed E-state index contributed by atoms with van der Waals surface area (Å²) in [5, 5.41) is 13.3. The number of benzene rings is 1. The van der Waals surface area contributed by atoms with Crippen LogP contribution in [0.1, 0.15) is 25.1 Å². The van der Waals surface area contributed by atoms with Crippen molar-refractivity contribution in [2.24, 2.45) is 0 Å². The van der Waals surface area contributed by atoms with Gasteiger partial charge in [0.15, 0.2) is 0 Å². The Labute approximate surface area is 188 Å². The van der Waals surface area contributed by atoms with E-state index in [1.165, 1.54) is 7.11 Å². The van der Waals surface area contributed by atoms with Crippen LogP contribution in [0.15, 0.2) is 24.3 Å². The number of nitrogens with zero attached hydrogens (tertiary/aromatic N) is 3. The van der Waals surface area contributed by atoms with Crippen LogP contribution < -0.4 is 24.4 Å². The number of piperazine rings is 1. The number of hydrogen-bond acceptors (Lipinski definition) is 7. The molecule has 1 fully saturated rings. The van der Waals surface area contributed by atoms with Crippen molar-refractivity contribution in [3.63, 3.8) is 0 Å². The number of aromatic nitrogens is 1. The molecule has 2 amide bonds. The summed E-state index contributed by atoms with van der Waals surface area (Å²) in [5.41, 5.74) is 1.60. The van der Waals surface area contributed by atoms with Gasteiger partial charge in [0.05, 0.1) is 26.9 Å². The van der Waals surface area contributed by atoms with Gasteiger partial charge < -0.3 is 34.4 Å². The van der Waals surface area contributed by atoms with Gasteiger partial charge in [0.25, 0.3) is 0 Å². The number of nitrogens with one attached hydrogen (secondary N) is 1. The minimum Gasteiger partial charge on any atom is -0.497 e. The molecule has 174 valence electrons. The average Bonchev–Trinajstić information content (AvgIpc) is 2.78. The molecule has 3 rings (SSSR count). The second kappa shape index (κ2) is 9.52. The lowest BCUT2D eigenvalue weighted by atomic mass is 9.96. The molecule has 0 spiro atoms. The fourth-order valence-electron chi connectivity index (χ4n) is 3.78. The summed E-state index contributed by atoms with van der Waals surface area (Å²) in [6, 6.07) is 7.23. The van der Waals surface area contributed by atoms with Crippen LogP contribution in [0.2, 0.25) is 0 Å². The van der Waals surface area contributed by atoms with Crippen LogP contribution in [0, 0.1) is 6.92 Å². The highest BCUT2D eigenvalue weighted by Gasteiger charge is 2.26. The Morgan fingerprint density at radius 1 is 1.00 bits per heavy atom. The van der Waals surface area contributed by atoms with E-state index in [9.17, 15) is 9.90 Å². The summed E-state index contributed by atoms with van der Waals surface area (Å²) in [5.74, 6) is 1.76. The Morgan fingerprint density at radius 3 is 2.09 bits per heavy atom. The van der Waals surface area contributed by atoms with Gasteiger partial charge in [0.1, 0.15) is 17.2 Å². The van der Waals surface area contributed by atoms with Crippen LogP contribution >= 0.6 is 0 Å². The third kappa shape index (κ3) is 5.16. The van der Waals surface area contributed by atoms with Crippen LogP contribution in [-0.2, 0) is 5.60 Å². The maximum atomic E-state index is 12.9. The van der Waals surface area contributed by atoms with E-state index in [0.29, 0.717) is 49.0 Å². The highest BCUT2D eigenvalue weighted by atomic mass is 16.5. The first-order valence-electron chi connectivity index (χ1n) is 10.5. The highest BCUT2D eigenvalue weighted by Crippen LogP contribution is 2.32. The second-order valence-electron chi connectivity index (χ2n) is 8.21. The number of carbonyl (C=O) groups is 1. The summed E-state index contributed by atoms with van der Waals surface area (Å²) in [6.45, 7) is 7.60. The largest absolute Gasteiger partial charge is 0.497 e. The number of pyridine rings is 1. The molecule has 2 heterocycles. The van der Waals surface area contributed by atoms with Crippen LogP contribution in [0.4, 0.5) is 16.2 Å². The van der Waals surface area contributed by atoms with Gasteiger partial charge in [0.2, 0.25) is 5.88 Å². The summed E-state index contributed by atoms with van der Waals surface area (Å²) >= 11 is 0. The lowest BCUT2D eigenvalue weighted by Gasteiger charge is -2.36. The van der Waals surface area contributed by atoms with Gasteiger partial charge in [-0.25, -0.2) is 9.78 Å². The topological polar surface area (TPSA) is 96.4 Å². The zero-order valence-corrected chi connectivity index (χ0v) is 19.6. The zero-order chi connectivity index (χ0) is 23.5. The van der Waals surface area contributed by atoms with Crippen LogP contribution in [0.3, 0.4) is 0 Å². The molecule has 2 aromatic rings. The number of methoxy groups -OCH3 is 3. The predicted molar refractivity (Wildman–Crippen MR) is 123 cm³/mol. The molecule has 1 saturated heterocycles. The van der Waals surface area contributed by atoms with Gasteiger partial charge >= 0.3 is 6.03 Å². The smallest absolute Gasteiger partial charge is 0.322 e. The molecular weight excluding hydrogens is 412 g/mol. The van der Waals surface area contributed by atoms with E-state index < -0.39 is 5.60 Å². The molecule has 0 atom stereocenters. The first-order valence-corrected chi connectivity index (χ1v) is 10.5. The Bertz CT molecular complexity index is 943. The van der Waals surface area contributed by atoms with Crippen LogP contribution in [0.25, 0.3) is 0 Å². The Balaban J connectivity index is 1.70. The normalized spacial score (nSPS) is 14.2. The number of aliphatic hydroxyl groups is 1. The second-order valence-corrected chi connectivity index (χ2v) is 8.21. The first kappa shape index (κ1) is 23.5. The van der Waals surface area contributed by atoms with Crippen molar-refractivity contribution in [1.82, 2.24) is 9.88 Å². The van der Waals surface area contributed by atoms with E-state index in [-0.39, 0.29) is 6.03 Å². The predicted octanol–water partition coefficient (Wildman–Crippen LogP) is 3.00. The van der Waals surface area contributed by atoms with Gasteiger partial charge in [-0.3, -0.25) is 0 Å². The number of carbonyl (C=O) groups excluding carboxylic acids is 1. The number of amides is 2. The minimum atomic E-state index is -1.09. The molecule has 1 aliphatic heterocycles. The number of ether oxygens (including phenoxy) is 3. The Hall–Kier alpha value is -3.20. The first-order chi connectivity index (χ1) is 15.2.